The number of hydrogen-bond acceptors (Lipinski definition) is 3. The highest BCUT2D eigenvalue weighted by molar-refractivity contribution is 6.22. The van der Waals surface area contributed by atoms with Crippen molar-refractivity contribution >= 4 is 17.3 Å². The van der Waals surface area contributed by atoms with Crippen LogP contribution in [0.4, 0.5) is 0 Å². The average Bonchev–Trinajstić information content (AvgIpc) is 2.36. The summed E-state index contributed by atoms with van der Waals surface area (Å²) in [6.45, 7) is 7.48. The van der Waals surface area contributed by atoms with Gasteiger partial charge in [0.15, 0.2) is 5.78 Å². The highest BCUT2D eigenvalue weighted by atomic mass is 16.5. The van der Waals surface area contributed by atoms with Crippen LogP contribution in [0.5, 0.6) is 0 Å². The average molecular weight is 286 g/mol. The second-order valence-electron chi connectivity index (χ2n) is 6.34. The maximum Gasteiger partial charge on any atom is 0.307 e. The Morgan fingerprint density at radius 3 is 2.52 bits per heavy atom. The summed E-state index contributed by atoms with van der Waals surface area (Å²) in [5, 5.41) is 0. The molecule has 0 unspecified atom stereocenters. The molecular formula is C18H22O3. The molecule has 0 heterocycles. The van der Waals surface area contributed by atoms with Gasteiger partial charge in [-0.3, -0.25) is 9.59 Å². The molecule has 1 aromatic rings. The quantitative estimate of drug-likeness (QED) is 0.791. The Hall–Kier alpha value is -1.90. The van der Waals surface area contributed by atoms with E-state index in [2.05, 4.69) is 6.92 Å². The molecule has 2 rings (SSSR count). The summed E-state index contributed by atoms with van der Waals surface area (Å²) < 4.78 is 5.38. The Kier molecular flexibility index (Phi) is 4.31. The van der Waals surface area contributed by atoms with Gasteiger partial charge in [-0.25, -0.2) is 0 Å². The minimum atomic E-state index is -0.373. The van der Waals surface area contributed by atoms with Crippen molar-refractivity contribution in [1.29, 1.82) is 0 Å². The van der Waals surface area contributed by atoms with Crippen LogP contribution in [0.15, 0.2) is 30.0 Å². The monoisotopic (exact) mass is 286 g/mol. The van der Waals surface area contributed by atoms with Gasteiger partial charge in [-0.15, -0.1) is 0 Å². The summed E-state index contributed by atoms with van der Waals surface area (Å²) >= 11 is 0. The lowest BCUT2D eigenvalue weighted by Gasteiger charge is -2.31. The maximum absolute atomic E-state index is 12.6. The number of hydrogen-bond donors (Lipinski definition) is 0. The molecule has 112 valence electrons. The van der Waals surface area contributed by atoms with Crippen molar-refractivity contribution in [3.63, 3.8) is 0 Å². The van der Waals surface area contributed by atoms with Gasteiger partial charge in [-0.2, -0.15) is 0 Å². The third-order valence-corrected chi connectivity index (χ3v) is 3.77. The number of benzene rings is 1. The van der Waals surface area contributed by atoms with Gasteiger partial charge in [0, 0.05) is 19.8 Å². The van der Waals surface area contributed by atoms with E-state index < -0.39 is 0 Å². The largest absolute Gasteiger partial charge is 0.430 e. The highest BCUT2D eigenvalue weighted by Crippen LogP contribution is 2.41. The van der Waals surface area contributed by atoms with E-state index in [1.54, 1.807) is 0 Å². The van der Waals surface area contributed by atoms with E-state index in [0.29, 0.717) is 24.2 Å². The van der Waals surface area contributed by atoms with Crippen LogP contribution in [-0.2, 0) is 20.7 Å². The summed E-state index contributed by atoms with van der Waals surface area (Å²) in [6, 6.07) is 7.83. The molecule has 0 saturated carbocycles. The summed E-state index contributed by atoms with van der Waals surface area (Å²) in [5.74, 6) is 0.204. The van der Waals surface area contributed by atoms with Gasteiger partial charge in [0.25, 0.3) is 0 Å². The lowest BCUT2D eigenvalue weighted by Crippen LogP contribution is -2.27. The first kappa shape index (κ1) is 15.5. The van der Waals surface area contributed by atoms with Crippen molar-refractivity contribution in [3.05, 3.63) is 41.2 Å². The Morgan fingerprint density at radius 2 is 1.90 bits per heavy atom. The van der Waals surface area contributed by atoms with Crippen molar-refractivity contribution in [2.45, 2.75) is 47.0 Å². The number of Topliss-reactive ketones (excluding diaryl/α,β-unsaturated/α-hetero) is 1. The lowest BCUT2D eigenvalue weighted by molar-refractivity contribution is -0.137. The third kappa shape index (κ3) is 3.41. The van der Waals surface area contributed by atoms with E-state index in [1.807, 2.05) is 38.1 Å². The second-order valence-corrected chi connectivity index (χ2v) is 6.34. The number of allylic oxidation sites excluding steroid dienone is 2. The zero-order valence-corrected chi connectivity index (χ0v) is 13.2. The highest BCUT2D eigenvalue weighted by Gasteiger charge is 2.35. The molecule has 0 aliphatic heterocycles. The Labute approximate surface area is 126 Å². The molecule has 0 amide bonds. The summed E-state index contributed by atoms with van der Waals surface area (Å²) in [4.78, 5) is 24.0. The number of esters is 1. The standard InChI is InChI=1S/C18H22O3/c1-5-13-8-6-7-9-14(13)17-15(20)10-18(3,4)11-16(17)21-12(2)19/h6-9H,5,10-11H2,1-4H3. The molecule has 21 heavy (non-hydrogen) atoms. The summed E-state index contributed by atoms with van der Waals surface area (Å²) in [7, 11) is 0. The van der Waals surface area contributed by atoms with E-state index in [0.717, 1.165) is 17.5 Å². The molecule has 0 radical (unpaired) electrons. The number of ether oxygens (including phenoxy) is 1. The normalized spacial score (nSPS) is 17.8. The molecular weight excluding hydrogens is 264 g/mol. The predicted molar refractivity (Wildman–Crippen MR) is 82.5 cm³/mol. The number of carbonyl (C=O) groups is 2. The lowest BCUT2D eigenvalue weighted by atomic mass is 9.74. The summed E-state index contributed by atoms with van der Waals surface area (Å²) in [6.07, 6.45) is 1.92. The second kappa shape index (κ2) is 5.84. The van der Waals surface area contributed by atoms with Gasteiger partial charge in [-0.05, 0) is 23.0 Å². The molecule has 0 atom stereocenters. The van der Waals surface area contributed by atoms with E-state index in [1.165, 1.54) is 6.92 Å². The van der Waals surface area contributed by atoms with E-state index in [-0.39, 0.29) is 17.2 Å². The van der Waals surface area contributed by atoms with Gasteiger partial charge in [0.2, 0.25) is 0 Å². The van der Waals surface area contributed by atoms with Crippen LogP contribution < -0.4 is 0 Å². The van der Waals surface area contributed by atoms with Crippen molar-refractivity contribution in [2.24, 2.45) is 5.41 Å². The number of aryl methyl sites for hydroxylation is 1. The molecule has 0 bridgehead atoms. The summed E-state index contributed by atoms with van der Waals surface area (Å²) in [5.41, 5.74) is 2.41. The molecule has 1 aromatic carbocycles. The zero-order chi connectivity index (χ0) is 15.6. The van der Waals surface area contributed by atoms with E-state index in [4.69, 9.17) is 4.74 Å². The molecule has 0 aromatic heterocycles. The first-order valence-corrected chi connectivity index (χ1v) is 7.37. The van der Waals surface area contributed by atoms with Crippen LogP contribution in [0.25, 0.3) is 5.57 Å². The maximum atomic E-state index is 12.6. The number of ketones is 1. The molecule has 0 spiro atoms. The fourth-order valence-corrected chi connectivity index (χ4v) is 2.90. The minimum Gasteiger partial charge on any atom is -0.430 e. The van der Waals surface area contributed by atoms with Gasteiger partial charge in [0.05, 0.1) is 5.57 Å². The first-order valence-electron chi connectivity index (χ1n) is 7.37. The molecule has 3 heteroatoms. The molecule has 3 nitrogen and oxygen atoms in total. The molecule has 0 saturated heterocycles. The van der Waals surface area contributed by atoms with Gasteiger partial charge < -0.3 is 4.74 Å². The van der Waals surface area contributed by atoms with E-state index >= 15 is 0 Å². The fraction of sp³-hybridized carbons (Fsp3) is 0.444. The van der Waals surface area contributed by atoms with Crippen LogP contribution in [-0.4, -0.2) is 11.8 Å². The molecule has 1 aliphatic rings. The first-order chi connectivity index (χ1) is 9.84. The Bertz CT molecular complexity index is 609. The Morgan fingerprint density at radius 1 is 1.24 bits per heavy atom. The van der Waals surface area contributed by atoms with Crippen LogP contribution in [0, 0.1) is 5.41 Å². The van der Waals surface area contributed by atoms with Crippen molar-refractivity contribution in [2.75, 3.05) is 0 Å². The SMILES string of the molecule is CCc1ccccc1C1=C(OC(C)=O)CC(C)(C)CC1=O. The Balaban J connectivity index is 2.60. The van der Waals surface area contributed by atoms with Crippen LogP contribution in [0.3, 0.4) is 0 Å². The number of rotatable bonds is 3. The van der Waals surface area contributed by atoms with E-state index in [9.17, 15) is 9.59 Å². The molecule has 1 aliphatic carbocycles. The van der Waals surface area contributed by atoms with Crippen LogP contribution in [0.1, 0.15) is 51.7 Å². The third-order valence-electron chi connectivity index (χ3n) is 3.77. The van der Waals surface area contributed by atoms with Gasteiger partial charge in [0.1, 0.15) is 5.76 Å². The topological polar surface area (TPSA) is 43.4 Å². The predicted octanol–water partition coefficient (Wildman–Crippen LogP) is 3.91. The molecule has 0 N–H and O–H groups in total. The van der Waals surface area contributed by atoms with Gasteiger partial charge >= 0.3 is 5.97 Å². The number of carbonyl (C=O) groups excluding carboxylic acids is 2. The van der Waals surface area contributed by atoms with Gasteiger partial charge in [-0.1, -0.05) is 45.0 Å². The molecule has 0 fully saturated rings. The smallest absolute Gasteiger partial charge is 0.307 e. The minimum absolute atomic E-state index is 0.0587. The van der Waals surface area contributed by atoms with Crippen LogP contribution >= 0.6 is 0 Å². The van der Waals surface area contributed by atoms with Crippen molar-refractivity contribution < 1.29 is 14.3 Å². The fourth-order valence-electron chi connectivity index (χ4n) is 2.90. The van der Waals surface area contributed by atoms with Crippen molar-refractivity contribution in [1.82, 2.24) is 0 Å². The zero-order valence-electron chi connectivity index (χ0n) is 13.2. The van der Waals surface area contributed by atoms with Crippen molar-refractivity contribution in [3.8, 4) is 0 Å². The van der Waals surface area contributed by atoms with Crippen LogP contribution in [0.2, 0.25) is 0 Å².